The predicted molar refractivity (Wildman–Crippen MR) is 107 cm³/mol. The largest absolute Gasteiger partial charge is 0.360 e. The molecule has 0 saturated carbocycles. The summed E-state index contributed by atoms with van der Waals surface area (Å²) in [6, 6.07) is 10.7. The van der Waals surface area contributed by atoms with Crippen molar-refractivity contribution in [2.24, 2.45) is 0 Å². The van der Waals surface area contributed by atoms with Gasteiger partial charge in [0.15, 0.2) is 5.82 Å². The number of anilines is 1. The molecule has 2 aromatic rings. The van der Waals surface area contributed by atoms with E-state index in [1.807, 2.05) is 0 Å². The van der Waals surface area contributed by atoms with Crippen LogP contribution in [0.25, 0.3) is 0 Å². The number of nitrogens with one attached hydrogen (secondary N) is 1. The minimum atomic E-state index is -0.0176. The Balaban J connectivity index is 1.36. The predicted octanol–water partition coefficient (Wildman–Crippen LogP) is 3.25. The molecule has 0 unspecified atom stereocenters. The van der Waals surface area contributed by atoms with E-state index in [1.165, 1.54) is 11.1 Å². The van der Waals surface area contributed by atoms with Gasteiger partial charge in [0.1, 0.15) is 5.76 Å². The zero-order valence-corrected chi connectivity index (χ0v) is 16.6. The molecule has 0 aliphatic carbocycles. The van der Waals surface area contributed by atoms with Crippen LogP contribution in [-0.2, 0) is 11.3 Å². The van der Waals surface area contributed by atoms with Crippen molar-refractivity contribution in [1.82, 2.24) is 15.0 Å². The fourth-order valence-corrected chi connectivity index (χ4v) is 3.33. The van der Waals surface area contributed by atoms with E-state index < -0.39 is 0 Å². The number of carbonyl (C=O) groups is 1. The van der Waals surface area contributed by atoms with E-state index in [9.17, 15) is 4.79 Å². The van der Waals surface area contributed by atoms with Crippen LogP contribution < -0.4 is 5.32 Å². The van der Waals surface area contributed by atoms with Crippen molar-refractivity contribution in [2.45, 2.75) is 39.7 Å². The summed E-state index contributed by atoms with van der Waals surface area (Å²) >= 11 is 0. The van der Waals surface area contributed by atoms with Gasteiger partial charge in [-0.3, -0.25) is 9.69 Å². The normalized spacial score (nSPS) is 16.0. The van der Waals surface area contributed by atoms with Crippen molar-refractivity contribution in [1.29, 1.82) is 0 Å². The maximum Gasteiger partial charge on any atom is 0.226 e. The second-order valence-electron chi connectivity index (χ2n) is 7.64. The Bertz CT molecular complexity index is 731. The highest BCUT2D eigenvalue weighted by atomic mass is 16.5. The van der Waals surface area contributed by atoms with E-state index >= 15 is 0 Å². The quantitative estimate of drug-likeness (QED) is 0.811. The second-order valence-corrected chi connectivity index (χ2v) is 7.64. The number of piperazine rings is 1. The van der Waals surface area contributed by atoms with Crippen LogP contribution in [0.4, 0.5) is 5.82 Å². The number of benzene rings is 1. The van der Waals surface area contributed by atoms with Gasteiger partial charge >= 0.3 is 0 Å². The van der Waals surface area contributed by atoms with Gasteiger partial charge in [-0.1, -0.05) is 43.3 Å². The van der Waals surface area contributed by atoms with E-state index in [0.29, 0.717) is 23.9 Å². The molecule has 1 aromatic heterocycles. The third-order valence-electron chi connectivity index (χ3n) is 5.07. The molecule has 6 nitrogen and oxygen atoms in total. The number of amides is 1. The van der Waals surface area contributed by atoms with Crippen LogP contribution in [0.5, 0.6) is 0 Å². The van der Waals surface area contributed by atoms with Crippen molar-refractivity contribution < 1.29 is 9.32 Å². The van der Waals surface area contributed by atoms with Crippen LogP contribution in [0.2, 0.25) is 0 Å². The van der Waals surface area contributed by atoms with Crippen LogP contribution in [0.15, 0.2) is 34.9 Å². The van der Waals surface area contributed by atoms with Crippen LogP contribution in [0.1, 0.15) is 43.1 Å². The number of hydrogen-bond donors (Lipinski definition) is 1. The van der Waals surface area contributed by atoms with Gasteiger partial charge < -0.3 is 14.7 Å². The summed E-state index contributed by atoms with van der Waals surface area (Å²) in [6.07, 6.45) is 0.475. The molecule has 2 heterocycles. The van der Waals surface area contributed by atoms with E-state index in [1.54, 1.807) is 13.0 Å². The molecule has 1 aliphatic rings. The molecule has 27 heavy (non-hydrogen) atoms. The molecule has 0 radical (unpaired) electrons. The molecule has 1 amide bonds. The Hall–Kier alpha value is -2.18. The maximum atomic E-state index is 12.0. The van der Waals surface area contributed by atoms with E-state index in [2.05, 4.69) is 58.4 Å². The standard InChI is InChI=1S/C21H30N4O2/c1-16(2)19-6-4-18(5-7-19)15-25-12-10-24(11-13-25)9-8-21(26)22-20-14-17(3)27-23-20/h4-7,14,16H,8-13,15H2,1-3H3,(H,22,23,26). The summed E-state index contributed by atoms with van der Waals surface area (Å²) < 4.78 is 4.96. The van der Waals surface area contributed by atoms with Gasteiger partial charge in [0.05, 0.1) is 0 Å². The smallest absolute Gasteiger partial charge is 0.226 e. The molecule has 0 bridgehead atoms. The number of carbonyl (C=O) groups excluding carboxylic acids is 1. The first-order valence-corrected chi connectivity index (χ1v) is 9.76. The lowest BCUT2D eigenvalue weighted by Gasteiger charge is -2.34. The maximum absolute atomic E-state index is 12.0. The van der Waals surface area contributed by atoms with E-state index in [-0.39, 0.29) is 5.91 Å². The van der Waals surface area contributed by atoms with Gasteiger partial charge in [-0.15, -0.1) is 0 Å². The van der Waals surface area contributed by atoms with Crippen LogP contribution >= 0.6 is 0 Å². The van der Waals surface area contributed by atoms with Crippen molar-refractivity contribution >= 4 is 11.7 Å². The minimum Gasteiger partial charge on any atom is -0.360 e. The third kappa shape index (κ3) is 5.91. The Kier molecular flexibility index (Phi) is 6.63. The van der Waals surface area contributed by atoms with Crippen molar-refractivity contribution in [3.63, 3.8) is 0 Å². The van der Waals surface area contributed by atoms with Gasteiger partial charge in [-0.25, -0.2) is 0 Å². The zero-order valence-electron chi connectivity index (χ0n) is 16.6. The molecule has 6 heteroatoms. The first-order valence-electron chi connectivity index (χ1n) is 9.76. The average Bonchev–Trinajstić information content (AvgIpc) is 3.06. The number of hydrogen-bond acceptors (Lipinski definition) is 5. The first kappa shape index (κ1) is 19.6. The fourth-order valence-electron chi connectivity index (χ4n) is 3.33. The summed E-state index contributed by atoms with van der Waals surface area (Å²) in [5.41, 5.74) is 2.76. The van der Waals surface area contributed by atoms with Gasteiger partial charge in [-0.2, -0.15) is 0 Å². The lowest BCUT2D eigenvalue weighted by molar-refractivity contribution is -0.116. The molecular formula is C21H30N4O2. The van der Waals surface area contributed by atoms with Gasteiger partial charge in [-0.05, 0) is 24.0 Å². The number of nitrogens with zero attached hydrogens (tertiary/aromatic N) is 3. The monoisotopic (exact) mass is 370 g/mol. The highest BCUT2D eigenvalue weighted by molar-refractivity contribution is 5.89. The number of aromatic nitrogens is 1. The van der Waals surface area contributed by atoms with Crippen LogP contribution in [0, 0.1) is 6.92 Å². The van der Waals surface area contributed by atoms with Crippen LogP contribution in [0.3, 0.4) is 0 Å². The highest BCUT2D eigenvalue weighted by Gasteiger charge is 2.18. The summed E-state index contributed by atoms with van der Waals surface area (Å²) in [5.74, 6) is 1.75. The summed E-state index contributed by atoms with van der Waals surface area (Å²) in [6.45, 7) is 12.1. The van der Waals surface area contributed by atoms with Crippen LogP contribution in [-0.4, -0.2) is 53.6 Å². The van der Waals surface area contributed by atoms with Crippen molar-refractivity contribution in [2.75, 3.05) is 38.0 Å². The Morgan fingerprint density at radius 1 is 1.15 bits per heavy atom. The van der Waals surface area contributed by atoms with Gasteiger partial charge in [0, 0.05) is 51.8 Å². The molecule has 0 atom stereocenters. The van der Waals surface area contributed by atoms with E-state index in [4.69, 9.17) is 4.52 Å². The second kappa shape index (κ2) is 9.15. The Morgan fingerprint density at radius 3 is 2.41 bits per heavy atom. The summed E-state index contributed by atoms with van der Waals surface area (Å²) in [7, 11) is 0. The van der Waals surface area contributed by atoms with Crippen molar-refractivity contribution in [3.05, 3.63) is 47.2 Å². The lowest BCUT2D eigenvalue weighted by atomic mass is 10.0. The van der Waals surface area contributed by atoms with Crippen molar-refractivity contribution in [3.8, 4) is 0 Å². The van der Waals surface area contributed by atoms with Gasteiger partial charge in [0.25, 0.3) is 0 Å². The number of aryl methyl sites for hydroxylation is 1. The molecule has 0 spiro atoms. The fraction of sp³-hybridized carbons (Fsp3) is 0.524. The SMILES string of the molecule is Cc1cc(NC(=O)CCN2CCN(Cc3ccc(C(C)C)cc3)CC2)no1. The highest BCUT2D eigenvalue weighted by Crippen LogP contribution is 2.16. The molecule has 1 aliphatic heterocycles. The molecule has 1 fully saturated rings. The molecule has 3 rings (SSSR count). The summed E-state index contributed by atoms with van der Waals surface area (Å²) in [4.78, 5) is 16.9. The number of rotatable bonds is 7. The minimum absolute atomic E-state index is 0.0176. The molecule has 1 N–H and O–H groups in total. The third-order valence-corrected chi connectivity index (χ3v) is 5.07. The molecular weight excluding hydrogens is 340 g/mol. The summed E-state index contributed by atoms with van der Waals surface area (Å²) in [5, 5.41) is 6.56. The zero-order chi connectivity index (χ0) is 19.2. The average molecular weight is 370 g/mol. The van der Waals surface area contributed by atoms with E-state index in [0.717, 1.165) is 39.3 Å². The Labute approximate surface area is 161 Å². The topological polar surface area (TPSA) is 61.6 Å². The molecule has 146 valence electrons. The first-order chi connectivity index (χ1) is 13.0. The molecule has 1 aromatic carbocycles. The Morgan fingerprint density at radius 2 is 1.81 bits per heavy atom. The van der Waals surface area contributed by atoms with Gasteiger partial charge in [0.2, 0.25) is 5.91 Å². The lowest BCUT2D eigenvalue weighted by Crippen LogP contribution is -2.46. The molecule has 1 saturated heterocycles.